The molecule has 0 radical (unpaired) electrons. The number of H-pyrrole nitrogens is 1. The minimum absolute atomic E-state index is 0.420. The highest BCUT2D eigenvalue weighted by Gasteiger charge is 2.56. The van der Waals surface area contributed by atoms with Crippen molar-refractivity contribution in [1.82, 2.24) is 19.1 Å². The fourth-order valence-electron chi connectivity index (χ4n) is 3.18. The van der Waals surface area contributed by atoms with Crippen molar-refractivity contribution in [2.45, 2.75) is 56.5 Å². The summed E-state index contributed by atoms with van der Waals surface area (Å²) < 4.78 is 58.6. The van der Waals surface area contributed by atoms with Gasteiger partial charge in [-0.3, -0.25) is 14.3 Å². The van der Waals surface area contributed by atoms with Crippen LogP contribution in [0.1, 0.15) is 13.2 Å². The Labute approximate surface area is 158 Å². The lowest BCUT2D eigenvalue weighted by atomic mass is 10.1. The lowest BCUT2D eigenvalue weighted by molar-refractivity contribution is -0.241. The molecule has 0 amide bonds. The van der Waals surface area contributed by atoms with Gasteiger partial charge in [-0.15, -0.1) is 0 Å². The Balaban J connectivity index is 2.19. The molecule has 1 fully saturated rings. The third-order valence-electron chi connectivity index (χ3n) is 4.41. The van der Waals surface area contributed by atoms with Crippen LogP contribution in [-0.4, -0.2) is 71.2 Å². The lowest BCUT2D eigenvalue weighted by Gasteiger charge is -2.22. The van der Waals surface area contributed by atoms with Crippen molar-refractivity contribution in [2.24, 2.45) is 0 Å². The van der Waals surface area contributed by atoms with E-state index in [1.54, 1.807) is 0 Å². The van der Waals surface area contributed by atoms with Crippen LogP contribution in [0.15, 0.2) is 9.59 Å². The van der Waals surface area contributed by atoms with E-state index in [1.807, 2.05) is 0 Å². The molecular weight excluding hydrogens is 410 g/mol. The van der Waals surface area contributed by atoms with E-state index in [0.717, 1.165) is 4.57 Å². The number of nitrogens with one attached hydrogen (secondary N) is 1. The van der Waals surface area contributed by atoms with Crippen LogP contribution in [0.2, 0.25) is 0 Å². The SMILES string of the molecule is C[C@@H](O)Cn1c(=O)n([C@@H]2O[C@H]([C@@H](O)C(F)(F)F)[C@H](F)[C@H]2O)c2nc(N)[nH]c(=O)c21. The molecule has 0 unspecified atom stereocenters. The predicted octanol–water partition coefficient (Wildman–Crippen LogP) is -1.63. The zero-order valence-electron chi connectivity index (χ0n) is 14.7. The maximum absolute atomic E-state index is 14.3. The summed E-state index contributed by atoms with van der Waals surface area (Å²) in [4.78, 5) is 30.9. The zero-order chi connectivity index (χ0) is 21.8. The van der Waals surface area contributed by atoms with Gasteiger partial charge in [-0.25, -0.2) is 13.8 Å². The lowest BCUT2D eigenvalue weighted by Crippen LogP contribution is -2.44. The molecule has 15 heteroatoms. The number of imidazole rings is 1. The van der Waals surface area contributed by atoms with Crippen LogP contribution >= 0.6 is 0 Å². The first-order chi connectivity index (χ1) is 13.3. The number of fused-ring (bicyclic) bond motifs is 1. The van der Waals surface area contributed by atoms with Crippen molar-refractivity contribution in [3.8, 4) is 0 Å². The average molecular weight is 427 g/mol. The van der Waals surface area contributed by atoms with E-state index in [2.05, 4.69) is 9.97 Å². The third kappa shape index (κ3) is 3.50. The van der Waals surface area contributed by atoms with Crippen LogP contribution in [0.3, 0.4) is 0 Å². The molecule has 0 spiro atoms. The summed E-state index contributed by atoms with van der Waals surface area (Å²) in [5, 5.41) is 29.0. The van der Waals surface area contributed by atoms with E-state index in [1.165, 1.54) is 6.92 Å². The van der Waals surface area contributed by atoms with Crippen molar-refractivity contribution in [1.29, 1.82) is 0 Å². The Bertz CT molecular complexity index is 1030. The summed E-state index contributed by atoms with van der Waals surface area (Å²) in [6, 6.07) is 0. The van der Waals surface area contributed by atoms with Crippen LogP contribution in [0.25, 0.3) is 11.2 Å². The summed E-state index contributed by atoms with van der Waals surface area (Å²) in [5.41, 5.74) is 2.48. The number of aromatic amines is 1. The van der Waals surface area contributed by atoms with Crippen LogP contribution in [-0.2, 0) is 11.3 Å². The van der Waals surface area contributed by atoms with Gasteiger partial charge in [0, 0.05) is 0 Å². The topological polar surface area (TPSA) is 169 Å². The van der Waals surface area contributed by atoms with E-state index >= 15 is 0 Å². The Hall–Kier alpha value is -2.49. The number of halogens is 4. The third-order valence-corrected chi connectivity index (χ3v) is 4.41. The number of aromatic nitrogens is 4. The fraction of sp³-hybridized carbons (Fsp3) is 0.643. The van der Waals surface area contributed by atoms with Gasteiger partial charge in [0.2, 0.25) is 5.95 Å². The number of nitrogens with two attached hydrogens (primary N) is 1. The van der Waals surface area contributed by atoms with Crippen molar-refractivity contribution in [2.75, 3.05) is 5.73 Å². The molecule has 3 rings (SSSR count). The van der Waals surface area contributed by atoms with E-state index in [4.69, 9.17) is 10.5 Å². The van der Waals surface area contributed by atoms with Gasteiger partial charge in [-0.05, 0) is 6.92 Å². The van der Waals surface area contributed by atoms with Gasteiger partial charge in [-0.2, -0.15) is 18.2 Å². The smallest absolute Gasteiger partial charge is 0.392 e. The Morgan fingerprint density at radius 2 is 1.97 bits per heavy atom. The fourth-order valence-corrected chi connectivity index (χ4v) is 3.18. The second-order valence-corrected chi connectivity index (χ2v) is 6.65. The van der Waals surface area contributed by atoms with Crippen LogP contribution in [0.4, 0.5) is 23.5 Å². The van der Waals surface area contributed by atoms with E-state index in [9.17, 15) is 42.5 Å². The molecule has 0 aliphatic carbocycles. The normalized spacial score (nSPS) is 27.4. The molecule has 1 aliphatic rings. The number of rotatable bonds is 4. The maximum atomic E-state index is 14.3. The number of nitrogen functional groups attached to an aromatic ring is 1. The molecule has 0 bridgehead atoms. The Morgan fingerprint density at radius 1 is 1.34 bits per heavy atom. The molecule has 162 valence electrons. The Morgan fingerprint density at radius 3 is 2.52 bits per heavy atom. The summed E-state index contributed by atoms with van der Waals surface area (Å²) in [6.45, 7) is 0.871. The molecule has 2 aromatic rings. The molecule has 11 nitrogen and oxygen atoms in total. The maximum Gasteiger partial charge on any atom is 0.417 e. The van der Waals surface area contributed by atoms with Gasteiger partial charge in [-0.1, -0.05) is 0 Å². The Kier molecular flexibility index (Phi) is 5.18. The van der Waals surface area contributed by atoms with Crippen LogP contribution in [0.5, 0.6) is 0 Å². The minimum Gasteiger partial charge on any atom is -0.392 e. The van der Waals surface area contributed by atoms with Crippen molar-refractivity contribution in [3.05, 3.63) is 20.8 Å². The summed E-state index contributed by atoms with van der Waals surface area (Å²) >= 11 is 0. The highest BCUT2D eigenvalue weighted by Crippen LogP contribution is 2.37. The van der Waals surface area contributed by atoms with Gasteiger partial charge in [0.05, 0.1) is 12.6 Å². The number of hydrogen-bond donors (Lipinski definition) is 5. The number of aliphatic hydroxyl groups excluding tert-OH is 3. The number of hydrogen-bond acceptors (Lipinski definition) is 8. The quantitative estimate of drug-likeness (QED) is 0.362. The number of alkyl halides is 4. The van der Waals surface area contributed by atoms with Gasteiger partial charge in [0.25, 0.3) is 5.56 Å². The molecule has 1 saturated heterocycles. The summed E-state index contributed by atoms with van der Waals surface area (Å²) in [7, 11) is 0. The number of ether oxygens (including phenoxy) is 1. The number of nitrogens with zero attached hydrogens (tertiary/aromatic N) is 3. The van der Waals surface area contributed by atoms with Gasteiger partial charge in [0.15, 0.2) is 29.7 Å². The predicted molar refractivity (Wildman–Crippen MR) is 87.6 cm³/mol. The van der Waals surface area contributed by atoms with Gasteiger partial charge in [0.1, 0.15) is 12.2 Å². The first-order valence-electron chi connectivity index (χ1n) is 8.25. The van der Waals surface area contributed by atoms with Crippen LogP contribution < -0.4 is 17.0 Å². The molecule has 1 aliphatic heterocycles. The second-order valence-electron chi connectivity index (χ2n) is 6.65. The molecule has 29 heavy (non-hydrogen) atoms. The van der Waals surface area contributed by atoms with Gasteiger partial charge >= 0.3 is 11.9 Å². The number of anilines is 1. The second kappa shape index (κ2) is 7.08. The highest BCUT2D eigenvalue weighted by molar-refractivity contribution is 5.71. The monoisotopic (exact) mass is 427 g/mol. The van der Waals surface area contributed by atoms with Crippen molar-refractivity contribution in [3.63, 3.8) is 0 Å². The summed E-state index contributed by atoms with van der Waals surface area (Å²) in [6.07, 6.45) is -19.3. The molecule has 6 atom stereocenters. The van der Waals surface area contributed by atoms with Crippen molar-refractivity contribution >= 4 is 17.1 Å². The standard InChI is InChI=1S/C14H17F4N5O6/c1-3(24)2-22-5-9(20-12(19)21-10(5)27)23(13(22)28)11-6(25)4(15)7(29-11)8(26)14(16,17)18/h3-4,6-8,11,24-26H,2H2,1H3,(H3,19,20,21,27)/t3-,4-,6-,7+,8-,11-/m1/s1. The van der Waals surface area contributed by atoms with Crippen molar-refractivity contribution < 1.29 is 37.6 Å². The average Bonchev–Trinajstić information content (AvgIpc) is 3.01. The largest absolute Gasteiger partial charge is 0.417 e. The van der Waals surface area contributed by atoms with Crippen LogP contribution in [0, 0.1) is 0 Å². The summed E-state index contributed by atoms with van der Waals surface area (Å²) in [5.74, 6) is -0.471. The first kappa shape index (κ1) is 21.2. The number of aliphatic hydroxyl groups is 3. The molecule has 3 heterocycles. The van der Waals surface area contributed by atoms with E-state index < -0.39 is 77.9 Å². The molecular formula is C14H17F4N5O6. The first-order valence-corrected chi connectivity index (χ1v) is 8.25. The zero-order valence-corrected chi connectivity index (χ0v) is 14.7. The van der Waals surface area contributed by atoms with E-state index in [0.29, 0.717) is 4.57 Å². The highest BCUT2D eigenvalue weighted by atomic mass is 19.4. The molecule has 0 aromatic carbocycles. The molecule has 2 aromatic heterocycles. The van der Waals surface area contributed by atoms with E-state index in [-0.39, 0.29) is 0 Å². The molecule has 6 N–H and O–H groups in total. The molecule has 0 saturated carbocycles. The van der Waals surface area contributed by atoms with Gasteiger partial charge < -0.3 is 25.8 Å². The minimum atomic E-state index is -5.26.